The molecular formula is C23H19NO3. The van der Waals surface area contributed by atoms with Gasteiger partial charge in [-0.05, 0) is 41.5 Å². The first-order valence-electron chi connectivity index (χ1n) is 8.78. The van der Waals surface area contributed by atoms with Crippen LogP contribution in [0.4, 0.5) is 5.69 Å². The molecule has 1 heterocycles. The summed E-state index contributed by atoms with van der Waals surface area (Å²) in [7, 11) is 0. The molecule has 0 unspecified atom stereocenters. The van der Waals surface area contributed by atoms with Crippen molar-refractivity contribution < 1.29 is 14.3 Å². The molecule has 3 aromatic carbocycles. The van der Waals surface area contributed by atoms with E-state index in [-0.39, 0.29) is 12.7 Å². The molecular weight excluding hydrogens is 338 g/mol. The van der Waals surface area contributed by atoms with E-state index in [1.54, 1.807) is 17.1 Å². The van der Waals surface area contributed by atoms with Crippen molar-refractivity contribution in [1.29, 1.82) is 0 Å². The number of amides is 1. The van der Waals surface area contributed by atoms with Gasteiger partial charge in [0.25, 0.3) is 5.91 Å². The summed E-state index contributed by atoms with van der Waals surface area (Å²) in [6.45, 7) is 0.745. The van der Waals surface area contributed by atoms with Crippen LogP contribution >= 0.6 is 0 Å². The third-order valence-corrected chi connectivity index (χ3v) is 4.33. The first-order valence-corrected chi connectivity index (χ1v) is 8.78. The molecule has 1 aliphatic heterocycles. The Hall–Kier alpha value is -3.53. The Balaban J connectivity index is 1.56. The fourth-order valence-electron chi connectivity index (χ4n) is 2.94. The Morgan fingerprint density at radius 2 is 1.59 bits per heavy atom. The highest BCUT2D eigenvalue weighted by atomic mass is 16.7. The lowest BCUT2D eigenvalue weighted by Gasteiger charge is -2.21. The van der Waals surface area contributed by atoms with Crippen molar-refractivity contribution in [1.82, 2.24) is 0 Å². The van der Waals surface area contributed by atoms with Crippen LogP contribution in [0.5, 0.6) is 11.5 Å². The van der Waals surface area contributed by atoms with Crippen LogP contribution < -0.4 is 14.4 Å². The molecule has 1 amide bonds. The summed E-state index contributed by atoms with van der Waals surface area (Å²) < 4.78 is 10.7. The second-order valence-corrected chi connectivity index (χ2v) is 6.19. The number of anilines is 1. The molecule has 0 aliphatic carbocycles. The Morgan fingerprint density at radius 3 is 2.37 bits per heavy atom. The number of carbonyl (C=O) groups excluding carboxylic acids is 1. The number of ether oxygens (including phenoxy) is 2. The summed E-state index contributed by atoms with van der Waals surface area (Å²) in [5, 5.41) is 0. The van der Waals surface area contributed by atoms with E-state index in [1.807, 2.05) is 78.9 Å². The molecule has 3 aromatic rings. The van der Waals surface area contributed by atoms with Gasteiger partial charge in [-0.2, -0.15) is 0 Å². The van der Waals surface area contributed by atoms with E-state index < -0.39 is 0 Å². The standard InChI is InChI=1S/C23H19NO3/c25-23(14-12-18-11-13-21-22(15-18)27-17-26-21)24(20-9-5-2-6-10-20)16-19-7-3-1-4-8-19/h1-15H,16-17H2. The molecule has 4 heteroatoms. The smallest absolute Gasteiger partial charge is 0.251 e. The van der Waals surface area contributed by atoms with Crippen LogP contribution in [-0.2, 0) is 11.3 Å². The van der Waals surface area contributed by atoms with Gasteiger partial charge in [-0.1, -0.05) is 54.6 Å². The molecule has 0 bridgehead atoms. The molecule has 0 fully saturated rings. The van der Waals surface area contributed by atoms with E-state index >= 15 is 0 Å². The number of nitrogens with zero attached hydrogens (tertiary/aromatic N) is 1. The van der Waals surface area contributed by atoms with Gasteiger partial charge in [0.2, 0.25) is 6.79 Å². The van der Waals surface area contributed by atoms with Crippen LogP contribution in [-0.4, -0.2) is 12.7 Å². The number of fused-ring (bicyclic) bond motifs is 1. The Labute approximate surface area is 158 Å². The van der Waals surface area contributed by atoms with Gasteiger partial charge in [-0.15, -0.1) is 0 Å². The van der Waals surface area contributed by atoms with E-state index in [4.69, 9.17) is 9.47 Å². The molecule has 4 rings (SSSR count). The topological polar surface area (TPSA) is 38.8 Å². The van der Waals surface area contributed by atoms with Gasteiger partial charge in [0.05, 0.1) is 6.54 Å². The van der Waals surface area contributed by atoms with Gasteiger partial charge >= 0.3 is 0 Å². The van der Waals surface area contributed by atoms with E-state index in [0.717, 1.165) is 22.6 Å². The number of benzene rings is 3. The largest absolute Gasteiger partial charge is 0.454 e. The van der Waals surface area contributed by atoms with E-state index in [2.05, 4.69) is 0 Å². The molecule has 27 heavy (non-hydrogen) atoms. The van der Waals surface area contributed by atoms with Gasteiger partial charge in [0.15, 0.2) is 11.5 Å². The number of rotatable bonds is 5. The fourth-order valence-corrected chi connectivity index (χ4v) is 2.94. The van der Waals surface area contributed by atoms with Crippen LogP contribution in [0, 0.1) is 0 Å². The zero-order valence-electron chi connectivity index (χ0n) is 14.7. The highest BCUT2D eigenvalue weighted by Gasteiger charge is 2.15. The van der Waals surface area contributed by atoms with E-state index in [9.17, 15) is 4.79 Å². The van der Waals surface area contributed by atoms with Gasteiger partial charge < -0.3 is 14.4 Å². The van der Waals surface area contributed by atoms with Crippen molar-refractivity contribution in [2.45, 2.75) is 6.54 Å². The summed E-state index contributed by atoms with van der Waals surface area (Å²) in [4.78, 5) is 14.7. The maximum atomic E-state index is 12.9. The van der Waals surface area contributed by atoms with Crippen LogP contribution in [0.1, 0.15) is 11.1 Å². The zero-order valence-corrected chi connectivity index (χ0v) is 14.7. The third-order valence-electron chi connectivity index (χ3n) is 4.33. The minimum absolute atomic E-state index is 0.0808. The molecule has 0 N–H and O–H groups in total. The van der Waals surface area contributed by atoms with E-state index in [1.165, 1.54) is 0 Å². The average molecular weight is 357 g/mol. The molecule has 1 aliphatic rings. The van der Waals surface area contributed by atoms with Gasteiger partial charge in [-0.25, -0.2) is 0 Å². The van der Waals surface area contributed by atoms with E-state index in [0.29, 0.717) is 12.3 Å². The third kappa shape index (κ3) is 4.01. The van der Waals surface area contributed by atoms with Crippen molar-refractivity contribution in [3.63, 3.8) is 0 Å². The highest BCUT2D eigenvalue weighted by Crippen LogP contribution is 2.32. The second-order valence-electron chi connectivity index (χ2n) is 6.19. The molecule has 0 spiro atoms. The summed E-state index contributed by atoms with van der Waals surface area (Å²) in [5.74, 6) is 1.35. The Kier molecular flexibility index (Phi) is 4.88. The van der Waals surface area contributed by atoms with Crippen LogP contribution in [0.25, 0.3) is 6.08 Å². The van der Waals surface area contributed by atoms with Crippen LogP contribution in [0.3, 0.4) is 0 Å². The monoisotopic (exact) mass is 357 g/mol. The zero-order chi connectivity index (χ0) is 18.5. The average Bonchev–Trinajstić information content (AvgIpc) is 3.19. The lowest BCUT2D eigenvalue weighted by atomic mass is 10.1. The number of hydrogen-bond donors (Lipinski definition) is 0. The maximum absolute atomic E-state index is 12.9. The minimum atomic E-state index is -0.0808. The van der Waals surface area contributed by atoms with Crippen molar-refractivity contribution in [3.8, 4) is 11.5 Å². The van der Waals surface area contributed by atoms with Crippen molar-refractivity contribution >= 4 is 17.7 Å². The summed E-state index contributed by atoms with van der Waals surface area (Å²) >= 11 is 0. The molecule has 0 atom stereocenters. The maximum Gasteiger partial charge on any atom is 0.251 e. The lowest BCUT2D eigenvalue weighted by molar-refractivity contribution is -0.114. The second kappa shape index (κ2) is 7.79. The number of hydrogen-bond acceptors (Lipinski definition) is 3. The minimum Gasteiger partial charge on any atom is -0.454 e. The van der Waals surface area contributed by atoms with Crippen molar-refractivity contribution in [2.75, 3.05) is 11.7 Å². The lowest BCUT2D eigenvalue weighted by Crippen LogP contribution is -2.28. The van der Waals surface area contributed by atoms with Crippen molar-refractivity contribution in [2.24, 2.45) is 0 Å². The molecule has 0 saturated heterocycles. The predicted molar refractivity (Wildman–Crippen MR) is 106 cm³/mol. The molecule has 0 saturated carbocycles. The number of carbonyl (C=O) groups is 1. The van der Waals surface area contributed by atoms with Gasteiger partial charge in [0, 0.05) is 11.8 Å². The first-order chi connectivity index (χ1) is 13.3. The quantitative estimate of drug-likeness (QED) is 0.623. The Morgan fingerprint density at radius 1 is 0.889 bits per heavy atom. The van der Waals surface area contributed by atoms with Gasteiger partial charge in [0.1, 0.15) is 0 Å². The van der Waals surface area contributed by atoms with Gasteiger partial charge in [-0.3, -0.25) is 4.79 Å². The summed E-state index contributed by atoms with van der Waals surface area (Å²) in [5.41, 5.74) is 2.83. The molecule has 0 radical (unpaired) electrons. The SMILES string of the molecule is O=C(C=Cc1ccc2c(c1)OCO2)N(Cc1ccccc1)c1ccccc1. The fraction of sp³-hybridized carbons (Fsp3) is 0.0870. The Bertz CT molecular complexity index is 952. The molecule has 0 aromatic heterocycles. The predicted octanol–water partition coefficient (Wildman–Crippen LogP) is 4.66. The number of para-hydroxylation sites is 1. The normalized spacial score (nSPS) is 12.3. The molecule has 134 valence electrons. The first kappa shape index (κ1) is 16.9. The summed E-state index contributed by atoms with van der Waals surface area (Å²) in [6, 6.07) is 25.3. The van der Waals surface area contributed by atoms with Crippen molar-refractivity contribution in [3.05, 3.63) is 96.1 Å². The molecule has 4 nitrogen and oxygen atoms in total. The summed E-state index contributed by atoms with van der Waals surface area (Å²) in [6.07, 6.45) is 3.39. The van der Waals surface area contributed by atoms with Crippen LogP contribution in [0.2, 0.25) is 0 Å². The highest BCUT2D eigenvalue weighted by molar-refractivity contribution is 6.03. The van der Waals surface area contributed by atoms with Crippen LogP contribution in [0.15, 0.2) is 84.9 Å².